The number of aromatic nitrogens is 2. The number of halogens is 1. The Morgan fingerprint density at radius 2 is 1.95 bits per heavy atom. The van der Waals surface area contributed by atoms with E-state index >= 15 is 0 Å². The van der Waals surface area contributed by atoms with Crippen LogP contribution in [0.4, 0.5) is 4.39 Å². The highest BCUT2D eigenvalue weighted by Gasteiger charge is 2.11. The van der Waals surface area contributed by atoms with E-state index in [0.29, 0.717) is 5.92 Å². The van der Waals surface area contributed by atoms with E-state index in [9.17, 15) is 4.39 Å². The van der Waals surface area contributed by atoms with E-state index in [2.05, 4.69) is 24.9 Å². The Balaban J connectivity index is 2.11. The van der Waals surface area contributed by atoms with Gasteiger partial charge in [0.25, 0.3) is 0 Å². The minimum atomic E-state index is -0.274. The van der Waals surface area contributed by atoms with E-state index in [1.54, 1.807) is 17.6 Å². The van der Waals surface area contributed by atoms with E-state index in [1.807, 2.05) is 18.3 Å². The molecule has 0 aliphatic rings. The lowest BCUT2D eigenvalue weighted by Crippen LogP contribution is -1.94. The van der Waals surface area contributed by atoms with Gasteiger partial charge in [0.05, 0.1) is 12.8 Å². The summed E-state index contributed by atoms with van der Waals surface area (Å²) in [5.41, 5.74) is 3.69. The molecule has 3 nitrogen and oxygen atoms in total. The van der Waals surface area contributed by atoms with Crippen molar-refractivity contribution in [3.8, 4) is 17.0 Å². The number of ether oxygens (including phenoxy) is 1. The van der Waals surface area contributed by atoms with Crippen molar-refractivity contribution in [2.45, 2.75) is 19.8 Å². The maximum atomic E-state index is 13.3. The molecule has 2 heterocycles. The first-order chi connectivity index (χ1) is 10.1. The number of nitrogens with zero attached hydrogens (tertiary/aromatic N) is 2. The summed E-state index contributed by atoms with van der Waals surface area (Å²) in [6.45, 7) is 4.25. The normalized spacial score (nSPS) is 11.3. The zero-order valence-electron chi connectivity index (χ0n) is 12.3. The lowest BCUT2D eigenvalue weighted by molar-refractivity contribution is 0.407. The average molecular weight is 284 g/mol. The molecule has 2 aromatic heterocycles. The van der Waals surface area contributed by atoms with E-state index < -0.39 is 0 Å². The van der Waals surface area contributed by atoms with Crippen LogP contribution in [-0.2, 0) is 0 Å². The molecule has 21 heavy (non-hydrogen) atoms. The summed E-state index contributed by atoms with van der Waals surface area (Å²) in [6.07, 6.45) is 3.27. The summed E-state index contributed by atoms with van der Waals surface area (Å²) in [4.78, 5) is 4.54. The number of benzene rings is 1. The number of hydrogen-bond donors (Lipinski definition) is 0. The smallest absolute Gasteiger partial charge is 0.139 e. The third-order valence-electron chi connectivity index (χ3n) is 3.56. The second-order valence-corrected chi connectivity index (χ2v) is 5.35. The van der Waals surface area contributed by atoms with Crippen LogP contribution in [0, 0.1) is 5.82 Å². The third kappa shape index (κ3) is 2.49. The highest BCUT2D eigenvalue weighted by Crippen LogP contribution is 2.31. The molecule has 108 valence electrons. The van der Waals surface area contributed by atoms with E-state index in [-0.39, 0.29) is 5.82 Å². The Kier molecular flexibility index (Phi) is 3.37. The molecule has 0 saturated carbocycles. The number of rotatable bonds is 3. The number of fused-ring (bicyclic) bond motifs is 1. The largest absolute Gasteiger partial charge is 0.496 e. The number of hydrogen-bond acceptors (Lipinski definition) is 2. The molecule has 0 atom stereocenters. The minimum absolute atomic E-state index is 0.274. The van der Waals surface area contributed by atoms with Gasteiger partial charge in [-0.15, -0.1) is 0 Å². The SMILES string of the molecule is COc1ccc(-c2cn3cc(F)ccc3n2)cc1C(C)C. The maximum Gasteiger partial charge on any atom is 0.139 e. The molecule has 0 unspecified atom stereocenters. The van der Waals surface area contributed by atoms with Gasteiger partial charge in [-0.1, -0.05) is 13.8 Å². The van der Waals surface area contributed by atoms with Crippen molar-refractivity contribution in [1.29, 1.82) is 0 Å². The van der Waals surface area contributed by atoms with Crippen LogP contribution in [0.2, 0.25) is 0 Å². The Morgan fingerprint density at radius 3 is 2.67 bits per heavy atom. The Morgan fingerprint density at radius 1 is 1.14 bits per heavy atom. The first-order valence-electron chi connectivity index (χ1n) is 6.91. The monoisotopic (exact) mass is 284 g/mol. The second kappa shape index (κ2) is 5.20. The number of pyridine rings is 1. The van der Waals surface area contributed by atoms with Crippen LogP contribution in [0.5, 0.6) is 5.75 Å². The topological polar surface area (TPSA) is 26.5 Å². The molecular weight excluding hydrogens is 267 g/mol. The van der Waals surface area contributed by atoms with Gasteiger partial charge >= 0.3 is 0 Å². The van der Waals surface area contributed by atoms with Gasteiger partial charge in [-0.2, -0.15) is 0 Å². The van der Waals surface area contributed by atoms with Crippen molar-refractivity contribution in [1.82, 2.24) is 9.38 Å². The molecule has 0 amide bonds. The maximum absolute atomic E-state index is 13.3. The predicted molar refractivity (Wildman–Crippen MR) is 81.2 cm³/mol. The van der Waals surface area contributed by atoms with Gasteiger partial charge in [0, 0.05) is 18.0 Å². The van der Waals surface area contributed by atoms with Crippen molar-refractivity contribution in [2.24, 2.45) is 0 Å². The first-order valence-corrected chi connectivity index (χ1v) is 6.91. The molecule has 0 N–H and O–H groups in total. The molecule has 0 radical (unpaired) electrons. The summed E-state index contributed by atoms with van der Waals surface area (Å²) >= 11 is 0. The Bertz CT molecular complexity index is 793. The fourth-order valence-corrected chi connectivity index (χ4v) is 2.45. The van der Waals surface area contributed by atoms with Crippen molar-refractivity contribution in [2.75, 3.05) is 7.11 Å². The highest BCUT2D eigenvalue weighted by molar-refractivity contribution is 5.65. The van der Waals surface area contributed by atoms with E-state index in [1.165, 1.54) is 12.3 Å². The molecule has 0 bridgehead atoms. The lowest BCUT2D eigenvalue weighted by atomic mass is 9.98. The summed E-state index contributed by atoms with van der Waals surface area (Å²) in [7, 11) is 1.68. The standard InChI is InChI=1S/C17H17FN2O/c1-11(2)14-8-12(4-6-16(14)21-3)15-10-20-9-13(18)5-7-17(20)19-15/h4-11H,1-3H3. The molecule has 4 heteroatoms. The van der Waals surface area contributed by atoms with E-state index in [4.69, 9.17) is 4.74 Å². The van der Waals surface area contributed by atoms with Crippen LogP contribution in [0.25, 0.3) is 16.9 Å². The van der Waals surface area contributed by atoms with Crippen LogP contribution in [0.1, 0.15) is 25.3 Å². The zero-order valence-corrected chi connectivity index (χ0v) is 12.3. The molecular formula is C17H17FN2O. The van der Waals surface area contributed by atoms with Gasteiger partial charge in [-0.25, -0.2) is 9.37 Å². The number of imidazole rings is 1. The summed E-state index contributed by atoms with van der Waals surface area (Å²) in [5, 5.41) is 0. The van der Waals surface area contributed by atoms with Crippen molar-refractivity contribution < 1.29 is 9.13 Å². The molecule has 3 aromatic rings. The first kappa shape index (κ1) is 13.6. The van der Waals surface area contributed by atoms with Gasteiger partial charge < -0.3 is 9.14 Å². The lowest BCUT2D eigenvalue weighted by Gasteiger charge is -2.12. The second-order valence-electron chi connectivity index (χ2n) is 5.35. The van der Waals surface area contributed by atoms with Gasteiger partial charge in [0.2, 0.25) is 0 Å². The van der Waals surface area contributed by atoms with Crippen molar-refractivity contribution >= 4 is 5.65 Å². The van der Waals surface area contributed by atoms with Gasteiger partial charge in [-0.3, -0.25) is 0 Å². The Hall–Kier alpha value is -2.36. The highest BCUT2D eigenvalue weighted by atomic mass is 19.1. The van der Waals surface area contributed by atoms with Crippen LogP contribution in [-0.4, -0.2) is 16.5 Å². The molecule has 0 aliphatic heterocycles. The van der Waals surface area contributed by atoms with Crippen LogP contribution >= 0.6 is 0 Å². The predicted octanol–water partition coefficient (Wildman–Crippen LogP) is 4.27. The summed E-state index contributed by atoms with van der Waals surface area (Å²) < 4.78 is 20.3. The molecule has 0 fully saturated rings. The van der Waals surface area contributed by atoms with Crippen molar-refractivity contribution in [3.63, 3.8) is 0 Å². The minimum Gasteiger partial charge on any atom is -0.496 e. The van der Waals surface area contributed by atoms with Crippen molar-refractivity contribution in [3.05, 3.63) is 54.1 Å². The zero-order chi connectivity index (χ0) is 15.0. The molecule has 1 aromatic carbocycles. The Labute approximate surface area is 123 Å². The molecule has 3 rings (SSSR count). The summed E-state index contributed by atoms with van der Waals surface area (Å²) in [5.74, 6) is 0.960. The number of methoxy groups -OCH3 is 1. The fourth-order valence-electron chi connectivity index (χ4n) is 2.45. The van der Waals surface area contributed by atoms with Gasteiger partial charge in [-0.05, 0) is 41.8 Å². The van der Waals surface area contributed by atoms with Crippen LogP contribution in [0.3, 0.4) is 0 Å². The van der Waals surface area contributed by atoms with Crippen LogP contribution in [0.15, 0.2) is 42.7 Å². The quantitative estimate of drug-likeness (QED) is 0.718. The molecule has 0 saturated heterocycles. The third-order valence-corrected chi connectivity index (χ3v) is 3.56. The van der Waals surface area contributed by atoms with Gasteiger partial charge in [0.15, 0.2) is 0 Å². The van der Waals surface area contributed by atoms with E-state index in [0.717, 1.165) is 28.2 Å². The average Bonchev–Trinajstić information content (AvgIpc) is 2.89. The van der Waals surface area contributed by atoms with Gasteiger partial charge in [0.1, 0.15) is 17.2 Å². The molecule has 0 spiro atoms. The summed E-state index contributed by atoms with van der Waals surface area (Å²) in [6, 6.07) is 9.10. The fraction of sp³-hybridized carbons (Fsp3) is 0.235. The molecule has 0 aliphatic carbocycles. The van der Waals surface area contributed by atoms with Crippen LogP contribution < -0.4 is 4.74 Å².